The first kappa shape index (κ1) is 25.3. The van der Waals surface area contributed by atoms with Gasteiger partial charge in [-0.05, 0) is 46.1 Å². The van der Waals surface area contributed by atoms with Gasteiger partial charge in [0.2, 0.25) is 0 Å². The first-order valence-corrected chi connectivity index (χ1v) is 10.4. The highest BCUT2D eigenvalue weighted by Gasteiger charge is 2.56. The maximum atomic E-state index is 12.9. The second-order valence-corrected chi connectivity index (χ2v) is 8.53. The summed E-state index contributed by atoms with van der Waals surface area (Å²) in [7, 11) is 0. The Morgan fingerprint density at radius 3 is 2.44 bits per heavy atom. The highest BCUT2D eigenvalue weighted by Crippen LogP contribution is 2.40. The van der Waals surface area contributed by atoms with Crippen LogP contribution in [0.1, 0.15) is 41.0 Å². The van der Waals surface area contributed by atoms with Gasteiger partial charge in [0.05, 0.1) is 5.92 Å². The molecule has 32 heavy (non-hydrogen) atoms. The van der Waals surface area contributed by atoms with E-state index in [1.807, 2.05) is 6.92 Å². The Bertz CT molecular complexity index is 907. The number of hydrogen-bond donors (Lipinski definition) is 1. The van der Waals surface area contributed by atoms with Gasteiger partial charge >= 0.3 is 17.9 Å². The minimum atomic E-state index is -2.28. The molecule has 0 aromatic rings. The molecule has 6 atom stereocenters. The highest BCUT2D eigenvalue weighted by molar-refractivity contribution is 5.98. The molecule has 0 bridgehead atoms. The Hall–Kier alpha value is -3.00. The van der Waals surface area contributed by atoms with Crippen molar-refractivity contribution in [1.82, 2.24) is 0 Å². The molecule has 1 fully saturated rings. The van der Waals surface area contributed by atoms with E-state index >= 15 is 0 Å². The number of fused-ring (bicyclic) bond motifs is 1. The van der Waals surface area contributed by atoms with Crippen LogP contribution in [-0.4, -0.2) is 52.7 Å². The third kappa shape index (κ3) is 5.07. The SMILES string of the molecule is C=C(C)C(=O)O[C@H]1[C@@H]2C(=C)C(=O)O[C@@H]2C[C@H](C)/C=C\C(=O)[C@](C)(O)[C@@H]1OC(=O)/C(C)=C\C. The van der Waals surface area contributed by atoms with Crippen LogP contribution in [0.5, 0.6) is 0 Å². The van der Waals surface area contributed by atoms with Gasteiger partial charge in [-0.1, -0.05) is 32.2 Å². The molecule has 0 amide bonds. The van der Waals surface area contributed by atoms with E-state index in [1.165, 1.54) is 32.9 Å². The predicted molar refractivity (Wildman–Crippen MR) is 115 cm³/mol. The average Bonchev–Trinajstić information content (AvgIpc) is 2.99. The minimum absolute atomic E-state index is 0.00155. The van der Waals surface area contributed by atoms with Gasteiger partial charge < -0.3 is 19.3 Å². The first-order chi connectivity index (χ1) is 14.8. The molecule has 1 saturated heterocycles. The molecule has 1 aliphatic heterocycles. The van der Waals surface area contributed by atoms with E-state index in [9.17, 15) is 24.3 Å². The smallest absolute Gasteiger partial charge is 0.334 e. The van der Waals surface area contributed by atoms with Gasteiger partial charge in [-0.2, -0.15) is 0 Å². The van der Waals surface area contributed by atoms with Crippen LogP contribution in [0, 0.1) is 11.8 Å². The zero-order valence-corrected chi connectivity index (χ0v) is 19.0. The number of carbonyl (C=O) groups excluding carboxylic acids is 4. The van der Waals surface area contributed by atoms with Crippen molar-refractivity contribution in [2.75, 3.05) is 0 Å². The molecule has 0 aromatic carbocycles. The summed E-state index contributed by atoms with van der Waals surface area (Å²) in [5, 5.41) is 11.2. The Kier molecular flexibility index (Phi) is 7.62. The normalized spacial score (nSPS) is 34.2. The van der Waals surface area contributed by atoms with Crippen LogP contribution >= 0.6 is 0 Å². The quantitative estimate of drug-likeness (QED) is 0.397. The van der Waals surface area contributed by atoms with E-state index in [1.54, 1.807) is 13.0 Å². The monoisotopic (exact) mass is 446 g/mol. The summed E-state index contributed by atoms with van der Waals surface area (Å²) in [6.07, 6.45) is 0.713. The third-order valence-corrected chi connectivity index (χ3v) is 5.79. The summed E-state index contributed by atoms with van der Waals surface area (Å²) < 4.78 is 16.6. The fourth-order valence-corrected chi connectivity index (χ4v) is 3.63. The van der Waals surface area contributed by atoms with Crippen LogP contribution in [0.4, 0.5) is 0 Å². The van der Waals surface area contributed by atoms with Gasteiger partial charge in [0.15, 0.2) is 23.6 Å². The molecule has 2 rings (SSSR count). The van der Waals surface area contributed by atoms with E-state index in [-0.39, 0.29) is 22.6 Å². The lowest BCUT2D eigenvalue weighted by Gasteiger charge is -2.39. The molecule has 8 heteroatoms. The van der Waals surface area contributed by atoms with Gasteiger partial charge in [-0.25, -0.2) is 14.4 Å². The summed E-state index contributed by atoms with van der Waals surface area (Å²) >= 11 is 0. The third-order valence-electron chi connectivity index (χ3n) is 5.79. The standard InChI is InChI=1S/C24H30O8/c1-8-14(5)22(27)32-20-19(31-21(26)12(2)3)18-15(6)23(28)30-16(18)11-13(4)9-10-17(25)24(20,7)29/h8-10,13,16,18-20,29H,2,6,11H2,1,3-5,7H3/b10-9-,14-8-/t13-,16-,18-,19+,20-,24+/m1/s1. The molecule has 0 radical (unpaired) electrons. The fourth-order valence-electron chi connectivity index (χ4n) is 3.63. The van der Waals surface area contributed by atoms with Crippen LogP contribution in [0.25, 0.3) is 0 Å². The molecule has 0 aromatic heterocycles. The van der Waals surface area contributed by atoms with Crippen LogP contribution in [-0.2, 0) is 33.4 Å². The van der Waals surface area contributed by atoms with Crippen molar-refractivity contribution in [2.24, 2.45) is 11.8 Å². The van der Waals surface area contributed by atoms with Crippen molar-refractivity contribution >= 4 is 23.7 Å². The van der Waals surface area contributed by atoms with Crippen molar-refractivity contribution in [3.8, 4) is 0 Å². The molecule has 2 aliphatic rings. The number of allylic oxidation sites excluding steroid dienone is 2. The lowest BCUT2D eigenvalue weighted by atomic mass is 9.77. The number of ketones is 1. The lowest BCUT2D eigenvalue weighted by Crippen LogP contribution is -2.58. The van der Waals surface area contributed by atoms with E-state index < -0.39 is 53.5 Å². The maximum Gasteiger partial charge on any atom is 0.334 e. The molecule has 1 heterocycles. The zero-order chi connectivity index (χ0) is 24.4. The van der Waals surface area contributed by atoms with Crippen LogP contribution in [0.15, 0.2) is 48.1 Å². The van der Waals surface area contributed by atoms with Gasteiger partial charge in [0.25, 0.3) is 0 Å². The first-order valence-electron chi connectivity index (χ1n) is 10.4. The Morgan fingerprint density at radius 1 is 1.25 bits per heavy atom. The fraction of sp³-hybridized carbons (Fsp3) is 0.500. The van der Waals surface area contributed by atoms with Crippen molar-refractivity contribution in [3.63, 3.8) is 0 Å². The zero-order valence-electron chi connectivity index (χ0n) is 19.0. The summed E-state index contributed by atoms with van der Waals surface area (Å²) in [6.45, 7) is 14.9. The summed E-state index contributed by atoms with van der Waals surface area (Å²) in [4.78, 5) is 50.4. The van der Waals surface area contributed by atoms with Crippen LogP contribution < -0.4 is 0 Å². The summed E-state index contributed by atoms with van der Waals surface area (Å²) in [6, 6.07) is 0. The van der Waals surface area contributed by atoms with E-state index in [0.29, 0.717) is 6.42 Å². The van der Waals surface area contributed by atoms with Crippen molar-refractivity contribution < 1.29 is 38.5 Å². The molecule has 174 valence electrons. The Balaban J connectivity index is 2.71. The van der Waals surface area contributed by atoms with Gasteiger partial charge in [0, 0.05) is 16.7 Å². The van der Waals surface area contributed by atoms with Gasteiger partial charge in [-0.15, -0.1) is 0 Å². The minimum Gasteiger partial charge on any atom is -0.458 e. The topological polar surface area (TPSA) is 116 Å². The van der Waals surface area contributed by atoms with Crippen LogP contribution in [0.3, 0.4) is 0 Å². The molecule has 0 spiro atoms. The maximum absolute atomic E-state index is 12.9. The number of ether oxygens (including phenoxy) is 3. The van der Waals surface area contributed by atoms with Crippen LogP contribution in [0.2, 0.25) is 0 Å². The van der Waals surface area contributed by atoms with Crippen molar-refractivity contribution in [1.29, 1.82) is 0 Å². The molecular formula is C24H30O8. The second kappa shape index (κ2) is 9.65. The number of aliphatic hydroxyl groups is 1. The molecule has 0 unspecified atom stereocenters. The Morgan fingerprint density at radius 2 is 1.88 bits per heavy atom. The highest BCUT2D eigenvalue weighted by atomic mass is 16.6. The summed E-state index contributed by atoms with van der Waals surface area (Å²) in [5.41, 5.74) is -2.02. The molecule has 0 saturated carbocycles. The number of carbonyl (C=O) groups is 4. The largest absolute Gasteiger partial charge is 0.458 e. The van der Waals surface area contributed by atoms with Crippen molar-refractivity contribution in [2.45, 2.75) is 65.0 Å². The molecule has 1 aliphatic carbocycles. The lowest BCUT2D eigenvalue weighted by molar-refractivity contribution is -0.193. The molecular weight excluding hydrogens is 416 g/mol. The predicted octanol–water partition coefficient (Wildman–Crippen LogP) is 2.37. The van der Waals surface area contributed by atoms with Crippen molar-refractivity contribution in [3.05, 3.63) is 48.1 Å². The average molecular weight is 446 g/mol. The summed E-state index contributed by atoms with van der Waals surface area (Å²) in [5.74, 6) is -4.25. The second-order valence-electron chi connectivity index (χ2n) is 8.53. The van der Waals surface area contributed by atoms with E-state index in [2.05, 4.69) is 13.2 Å². The number of esters is 3. The van der Waals surface area contributed by atoms with E-state index in [0.717, 1.165) is 0 Å². The molecule has 8 nitrogen and oxygen atoms in total. The number of rotatable bonds is 4. The van der Waals surface area contributed by atoms with Gasteiger partial charge in [-0.3, -0.25) is 4.79 Å². The number of hydrogen-bond acceptors (Lipinski definition) is 8. The van der Waals surface area contributed by atoms with Gasteiger partial charge in [0.1, 0.15) is 6.10 Å². The Labute approximate surface area is 187 Å². The van der Waals surface area contributed by atoms with E-state index in [4.69, 9.17) is 14.2 Å². The molecule has 1 N–H and O–H groups in total.